The predicted octanol–water partition coefficient (Wildman–Crippen LogP) is 1.89. The van der Waals surface area contributed by atoms with Crippen LogP contribution in [0.2, 0.25) is 0 Å². The first kappa shape index (κ1) is 15.0. The monoisotopic (exact) mass is 270 g/mol. The Morgan fingerprint density at radius 2 is 2.21 bits per heavy atom. The number of benzene rings is 1. The lowest BCUT2D eigenvalue weighted by Crippen LogP contribution is -2.28. The van der Waals surface area contributed by atoms with Gasteiger partial charge in [-0.1, -0.05) is 19.1 Å². The van der Waals surface area contributed by atoms with Gasteiger partial charge in [-0.15, -0.1) is 0 Å². The summed E-state index contributed by atoms with van der Waals surface area (Å²) in [4.78, 5) is 22.1. The summed E-state index contributed by atoms with van der Waals surface area (Å²) in [5.74, 6) is -2.40. The number of carboxylic acids is 1. The molecule has 0 aliphatic carbocycles. The average molecular weight is 270 g/mol. The van der Waals surface area contributed by atoms with Crippen molar-refractivity contribution in [2.24, 2.45) is 5.92 Å². The second kappa shape index (κ2) is 6.24. The first-order chi connectivity index (χ1) is 8.82. The van der Waals surface area contributed by atoms with E-state index >= 15 is 0 Å². The van der Waals surface area contributed by atoms with Crippen molar-refractivity contribution in [3.05, 3.63) is 39.7 Å². The summed E-state index contributed by atoms with van der Waals surface area (Å²) in [5.41, 5.74) is -0.397. The third kappa shape index (κ3) is 3.99. The number of aliphatic carboxylic acids is 1. The van der Waals surface area contributed by atoms with Crippen LogP contribution < -0.4 is 0 Å². The first-order valence-electron chi connectivity index (χ1n) is 5.66. The van der Waals surface area contributed by atoms with Crippen LogP contribution in [-0.4, -0.2) is 34.5 Å². The fourth-order valence-electron chi connectivity index (χ4n) is 1.73. The van der Waals surface area contributed by atoms with Gasteiger partial charge in [-0.25, -0.2) is 0 Å². The van der Waals surface area contributed by atoms with Gasteiger partial charge >= 0.3 is 11.7 Å². The third-order valence-corrected chi connectivity index (χ3v) is 2.70. The Hall–Kier alpha value is -2.02. The van der Waals surface area contributed by atoms with Gasteiger partial charge in [0.05, 0.1) is 10.8 Å². The molecule has 1 aromatic rings. The maximum Gasteiger partial charge on any atom is 0.307 e. The van der Waals surface area contributed by atoms with Gasteiger partial charge in [-0.3, -0.25) is 14.9 Å². The Balaban J connectivity index is 2.80. The molecule has 0 aliphatic heterocycles. The first-order valence-corrected chi connectivity index (χ1v) is 5.66. The molecule has 1 atom stereocenters. The van der Waals surface area contributed by atoms with Gasteiger partial charge < -0.3 is 10.0 Å². The van der Waals surface area contributed by atoms with Crippen molar-refractivity contribution in [2.75, 3.05) is 13.6 Å². The second-order valence-corrected chi connectivity index (χ2v) is 4.44. The molecule has 104 valence electrons. The van der Waals surface area contributed by atoms with Crippen LogP contribution in [0.1, 0.15) is 12.5 Å². The highest BCUT2D eigenvalue weighted by Crippen LogP contribution is 2.21. The summed E-state index contributed by atoms with van der Waals surface area (Å²) < 4.78 is 13.8. The van der Waals surface area contributed by atoms with Crippen LogP contribution in [0.4, 0.5) is 10.1 Å². The van der Waals surface area contributed by atoms with Crippen LogP contribution in [0, 0.1) is 21.8 Å². The van der Waals surface area contributed by atoms with Crippen molar-refractivity contribution in [3.8, 4) is 0 Å². The van der Waals surface area contributed by atoms with Crippen molar-refractivity contribution in [3.63, 3.8) is 0 Å². The highest BCUT2D eigenvalue weighted by atomic mass is 19.1. The fourth-order valence-corrected chi connectivity index (χ4v) is 1.73. The van der Waals surface area contributed by atoms with E-state index in [1.807, 2.05) is 0 Å². The molecule has 0 aliphatic rings. The molecule has 6 nitrogen and oxygen atoms in total. The van der Waals surface area contributed by atoms with Crippen molar-refractivity contribution in [1.82, 2.24) is 4.90 Å². The lowest BCUT2D eigenvalue weighted by Gasteiger charge is -2.19. The summed E-state index contributed by atoms with van der Waals surface area (Å²) in [6, 6.07) is 3.95. The summed E-state index contributed by atoms with van der Waals surface area (Å²) in [6.07, 6.45) is 0. The number of carboxylic acid groups (broad SMARTS) is 1. The minimum atomic E-state index is -0.939. The van der Waals surface area contributed by atoms with E-state index in [1.165, 1.54) is 12.1 Å². The van der Waals surface area contributed by atoms with Gasteiger partial charge in [-0.2, -0.15) is 4.39 Å². The average Bonchev–Trinajstić information content (AvgIpc) is 2.31. The van der Waals surface area contributed by atoms with E-state index in [4.69, 9.17) is 5.11 Å². The van der Waals surface area contributed by atoms with Gasteiger partial charge in [0, 0.05) is 24.7 Å². The van der Waals surface area contributed by atoms with Crippen molar-refractivity contribution in [1.29, 1.82) is 0 Å². The normalized spacial score (nSPS) is 12.4. The van der Waals surface area contributed by atoms with Crippen LogP contribution in [0.15, 0.2) is 18.2 Å². The number of nitro benzene ring substituents is 1. The molecule has 0 radical (unpaired) electrons. The summed E-state index contributed by atoms with van der Waals surface area (Å²) >= 11 is 0. The Bertz CT molecular complexity index is 493. The zero-order valence-corrected chi connectivity index (χ0v) is 10.7. The number of nitro groups is 1. The van der Waals surface area contributed by atoms with E-state index in [0.717, 1.165) is 6.07 Å². The predicted molar refractivity (Wildman–Crippen MR) is 66.2 cm³/mol. The quantitative estimate of drug-likeness (QED) is 0.630. The molecule has 7 heteroatoms. The van der Waals surface area contributed by atoms with Gasteiger partial charge in [0.25, 0.3) is 0 Å². The fraction of sp³-hybridized carbons (Fsp3) is 0.417. The number of hydrogen-bond acceptors (Lipinski definition) is 4. The van der Waals surface area contributed by atoms with E-state index in [1.54, 1.807) is 18.9 Å². The highest BCUT2D eigenvalue weighted by Gasteiger charge is 2.19. The van der Waals surface area contributed by atoms with Crippen LogP contribution in [-0.2, 0) is 11.3 Å². The standard InChI is InChI=1S/C12H15FN2O4/c1-8(12(16)17)6-14(2)7-9-4-3-5-10(11(9)13)15(18)19/h3-5,8H,6-7H2,1-2H3,(H,16,17). The topological polar surface area (TPSA) is 83.7 Å². The summed E-state index contributed by atoms with van der Waals surface area (Å²) in [7, 11) is 1.64. The molecule has 0 aromatic heterocycles. The molecule has 0 saturated heterocycles. The zero-order chi connectivity index (χ0) is 14.6. The van der Waals surface area contributed by atoms with Crippen molar-refractivity contribution < 1.29 is 19.2 Å². The van der Waals surface area contributed by atoms with E-state index in [9.17, 15) is 19.3 Å². The minimum Gasteiger partial charge on any atom is -0.481 e. The molecule has 1 unspecified atom stereocenters. The SMILES string of the molecule is CC(CN(C)Cc1cccc([N+](=O)[O-])c1F)C(=O)O. The lowest BCUT2D eigenvalue weighted by atomic mass is 10.1. The maximum atomic E-state index is 13.8. The van der Waals surface area contributed by atoms with Crippen LogP contribution >= 0.6 is 0 Å². The maximum absolute atomic E-state index is 13.8. The number of carbonyl (C=O) groups is 1. The van der Waals surface area contributed by atoms with Gasteiger partial charge in [0.15, 0.2) is 0 Å². The number of rotatable bonds is 6. The molecule has 0 amide bonds. The lowest BCUT2D eigenvalue weighted by molar-refractivity contribution is -0.387. The Labute approximate surface area is 109 Å². The van der Waals surface area contributed by atoms with Crippen molar-refractivity contribution >= 4 is 11.7 Å². The van der Waals surface area contributed by atoms with E-state index < -0.39 is 28.3 Å². The van der Waals surface area contributed by atoms with E-state index in [-0.39, 0.29) is 18.7 Å². The smallest absolute Gasteiger partial charge is 0.307 e. The van der Waals surface area contributed by atoms with Gasteiger partial charge in [0.1, 0.15) is 0 Å². The molecule has 0 spiro atoms. The van der Waals surface area contributed by atoms with Crippen LogP contribution in [0.5, 0.6) is 0 Å². The molecule has 0 bridgehead atoms. The Morgan fingerprint density at radius 3 is 2.74 bits per heavy atom. The number of nitrogens with zero attached hydrogens (tertiary/aromatic N) is 2. The van der Waals surface area contributed by atoms with Crippen LogP contribution in [0.3, 0.4) is 0 Å². The van der Waals surface area contributed by atoms with Crippen molar-refractivity contribution in [2.45, 2.75) is 13.5 Å². The minimum absolute atomic E-state index is 0.116. The summed E-state index contributed by atoms with van der Waals surface area (Å²) in [5, 5.41) is 19.4. The highest BCUT2D eigenvalue weighted by molar-refractivity contribution is 5.69. The molecule has 1 N–H and O–H groups in total. The Morgan fingerprint density at radius 1 is 1.58 bits per heavy atom. The van der Waals surface area contributed by atoms with Crippen LogP contribution in [0.25, 0.3) is 0 Å². The number of halogens is 1. The molecular formula is C12H15FN2O4. The Kier molecular flexibility index (Phi) is 4.94. The molecule has 0 fully saturated rings. The number of hydrogen-bond donors (Lipinski definition) is 1. The largest absolute Gasteiger partial charge is 0.481 e. The van der Waals surface area contributed by atoms with E-state index in [0.29, 0.717) is 0 Å². The van der Waals surface area contributed by atoms with Gasteiger partial charge in [0.2, 0.25) is 5.82 Å². The van der Waals surface area contributed by atoms with Gasteiger partial charge in [-0.05, 0) is 7.05 Å². The third-order valence-electron chi connectivity index (χ3n) is 2.70. The second-order valence-electron chi connectivity index (χ2n) is 4.44. The molecular weight excluding hydrogens is 255 g/mol. The van der Waals surface area contributed by atoms with E-state index in [2.05, 4.69) is 0 Å². The molecule has 19 heavy (non-hydrogen) atoms. The zero-order valence-electron chi connectivity index (χ0n) is 10.7. The summed E-state index contributed by atoms with van der Waals surface area (Å²) in [6.45, 7) is 1.89. The molecule has 1 aromatic carbocycles. The molecule has 0 heterocycles. The molecule has 0 saturated carbocycles. The molecule has 1 rings (SSSR count).